The Balaban J connectivity index is 1.29. The summed E-state index contributed by atoms with van der Waals surface area (Å²) in [6.45, 7) is 3.30. The van der Waals surface area contributed by atoms with Gasteiger partial charge in [0, 0.05) is 55.9 Å². The van der Waals surface area contributed by atoms with Crippen molar-refractivity contribution in [2.24, 2.45) is 5.73 Å². The summed E-state index contributed by atoms with van der Waals surface area (Å²) in [4.78, 5) is 49.6. The summed E-state index contributed by atoms with van der Waals surface area (Å²) in [5.74, 6) is -0.577. The van der Waals surface area contributed by atoms with Gasteiger partial charge in [-0.15, -0.1) is 10.2 Å². The van der Waals surface area contributed by atoms with Crippen LogP contribution in [0.3, 0.4) is 0 Å². The Morgan fingerprint density at radius 1 is 1.00 bits per heavy atom. The summed E-state index contributed by atoms with van der Waals surface area (Å²) in [5, 5.41) is 14.3. The number of pyridine rings is 1. The summed E-state index contributed by atoms with van der Waals surface area (Å²) in [5.41, 5.74) is 7.06. The third-order valence-corrected chi connectivity index (χ3v) is 6.57. The van der Waals surface area contributed by atoms with Crippen molar-refractivity contribution in [2.75, 3.05) is 49.6 Å². The second kappa shape index (κ2) is 11.8. The molecule has 2 fully saturated rings. The molecule has 3 aromatic rings. The minimum Gasteiger partial charge on any atom is -0.378 e. The van der Waals surface area contributed by atoms with Gasteiger partial charge >= 0.3 is 0 Å². The monoisotopic (exact) mass is 531 g/mol. The van der Waals surface area contributed by atoms with Crippen LogP contribution >= 0.6 is 0 Å². The number of primary amides is 1. The van der Waals surface area contributed by atoms with E-state index in [9.17, 15) is 14.4 Å². The fraction of sp³-hybridized carbons (Fsp3) is 0.346. The zero-order valence-electron chi connectivity index (χ0n) is 21.2. The van der Waals surface area contributed by atoms with Gasteiger partial charge in [0.2, 0.25) is 5.95 Å². The Kier molecular flexibility index (Phi) is 7.87. The molecule has 0 saturated carbocycles. The van der Waals surface area contributed by atoms with Crippen LogP contribution in [0.25, 0.3) is 0 Å². The molecule has 0 aliphatic carbocycles. The fourth-order valence-electron chi connectivity index (χ4n) is 4.53. The number of nitrogens with one attached hydrogen (secondary N) is 2. The molecule has 4 N–H and O–H groups in total. The second-order valence-corrected chi connectivity index (χ2v) is 9.28. The highest BCUT2D eigenvalue weighted by atomic mass is 16.5. The number of nitrogens with zero attached hydrogens (tertiary/aromatic N) is 6. The number of carbonyl (C=O) groups excluding carboxylic acids is 3. The van der Waals surface area contributed by atoms with Gasteiger partial charge in [-0.25, -0.2) is 0 Å². The molecule has 2 saturated heterocycles. The van der Waals surface area contributed by atoms with E-state index in [1.54, 1.807) is 47.5 Å². The molecular formula is C26H29N9O4. The largest absolute Gasteiger partial charge is 0.378 e. The highest BCUT2D eigenvalue weighted by Crippen LogP contribution is 2.22. The van der Waals surface area contributed by atoms with Crippen molar-refractivity contribution in [3.05, 3.63) is 65.6 Å². The molecule has 39 heavy (non-hydrogen) atoms. The number of hydrogen-bond acceptors (Lipinski definition) is 10. The molecule has 1 aromatic carbocycles. The third-order valence-electron chi connectivity index (χ3n) is 6.57. The lowest BCUT2D eigenvalue weighted by atomic mass is 10.1. The van der Waals surface area contributed by atoms with Crippen LogP contribution in [0.1, 0.15) is 44.0 Å². The minimum absolute atomic E-state index is 0.0658. The maximum absolute atomic E-state index is 12.7. The number of anilines is 3. The fourth-order valence-corrected chi connectivity index (χ4v) is 4.53. The number of aromatic nitrogens is 4. The molecule has 3 amide bonds. The number of nitrogens with two attached hydrogens (primary N) is 1. The third kappa shape index (κ3) is 6.26. The lowest BCUT2D eigenvalue weighted by molar-refractivity contribution is 0.0303. The van der Waals surface area contributed by atoms with Crippen LogP contribution < -0.4 is 21.3 Å². The average Bonchev–Trinajstić information content (AvgIpc) is 2.98. The smallest absolute Gasteiger partial charge is 0.273 e. The quantitative estimate of drug-likeness (QED) is 0.400. The predicted octanol–water partition coefficient (Wildman–Crippen LogP) is 0.980. The van der Waals surface area contributed by atoms with Crippen molar-refractivity contribution in [1.29, 1.82) is 0 Å². The lowest BCUT2D eigenvalue weighted by Gasteiger charge is -2.33. The number of morpholine rings is 1. The van der Waals surface area contributed by atoms with Crippen LogP contribution in [0.4, 0.5) is 17.5 Å². The van der Waals surface area contributed by atoms with Crippen molar-refractivity contribution >= 4 is 35.2 Å². The van der Waals surface area contributed by atoms with Gasteiger partial charge in [-0.2, -0.15) is 4.98 Å². The number of piperidine rings is 1. The molecule has 2 aromatic heterocycles. The summed E-state index contributed by atoms with van der Waals surface area (Å²) in [6, 6.07) is 10.2. The van der Waals surface area contributed by atoms with Gasteiger partial charge < -0.3 is 30.9 Å². The highest BCUT2D eigenvalue weighted by Gasteiger charge is 2.26. The van der Waals surface area contributed by atoms with Crippen molar-refractivity contribution < 1.29 is 19.1 Å². The van der Waals surface area contributed by atoms with Crippen LogP contribution in [-0.2, 0) is 4.74 Å². The first-order valence-electron chi connectivity index (χ1n) is 12.7. The molecule has 1 unspecified atom stereocenters. The second-order valence-electron chi connectivity index (χ2n) is 9.28. The van der Waals surface area contributed by atoms with E-state index in [1.165, 1.54) is 6.20 Å². The Hall–Kier alpha value is -4.65. The Bertz CT molecular complexity index is 1330. The minimum atomic E-state index is -0.775. The van der Waals surface area contributed by atoms with E-state index >= 15 is 0 Å². The van der Waals surface area contributed by atoms with Crippen LogP contribution in [0.15, 0.2) is 48.8 Å². The Labute approximate surface area is 224 Å². The molecular weight excluding hydrogens is 502 g/mol. The van der Waals surface area contributed by atoms with Crippen LogP contribution in [0.2, 0.25) is 0 Å². The Morgan fingerprint density at radius 3 is 2.51 bits per heavy atom. The molecule has 2 aliphatic heterocycles. The van der Waals surface area contributed by atoms with Gasteiger partial charge in [-0.3, -0.25) is 19.4 Å². The lowest BCUT2D eigenvalue weighted by Crippen LogP contribution is -2.48. The molecule has 1 atom stereocenters. The topological polar surface area (TPSA) is 169 Å². The van der Waals surface area contributed by atoms with E-state index in [1.807, 2.05) is 4.90 Å². The highest BCUT2D eigenvalue weighted by molar-refractivity contribution is 5.97. The number of amides is 3. The number of carbonyl (C=O) groups is 3. The number of rotatable bonds is 7. The molecule has 0 bridgehead atoms. The predicted molar refractivity (Wildman–Crippen MR) is 142 cm³/mol. The summed E-state index contributed by atoms with van der Waals surface area (Å²) in [6.07, 6.45) is 4.75. The Morgan fingerprint density at radius 2 is 1.79 bits per heavy atom. The maximum atomic E-state index is 12.7. The molecule has 13 heteroatoms. The molecule has 4 heterocycles. The molecule has 202 valence electrons. The van der Waals surface area contributed by atoms with Gasteiger partial charge in [0.25, 0.3) is 17.7 Å². The first kappa shape index (κ1) is 26.0. The first-order chi connectivity index (χ1) is 19.0. The summed E-state index contributed by atoms with van der Waals surface area (Å²) >= 11 is 0. The SMILES string of the molecule is NC(=O)c1nnc(N2CCCC(NC(=O)c3cccnc3)C2)nc1Nc1ccc(C(=O)N2CCOCC2)cc1. The van der Waals surface area contributed by atoms with Crippen molar-refractivity contribution in [1.82, 2.24) is 30.4 Å². The number of ether oxygens (including phenoxy) is 1. The van der Waals surface area contributed by atoms with Crippen LogP contribution in [-0.4, -0.2) is 88.2 Å². The van der Waals surface area contributed by atoms with Gasteiger partial charge in [-0.05, 0) is 49.2 Å². The molecule has 13 nitrogen and oxygen atoms in total. The molecule has 0 radical (unpaired) electrons. The van der Waals surface area contributed by atoms with E-state index in [2.05, 4.69) is 30.8 Å². The van der Waals surface area contributed by atoms with E-state index in [0.717, 1.165) is 12.8 Å². The average molecular weight is 532 g/mol. The van der Waals surface area contributed by atoms with Crippen molar-refractivity contribution in [2.45, 2.75) is 18.9 Å². The molecule has 5 rings (SSSR count). The van der Waals surface area contributed by atoms with Crippen molar-refractivity contribution in [3.8, 4) is 0 Å². The van der Waals surface area contributed by atoms with Crippen LogP contribution in [0, 0.1) is 0 Å². The normalized spacial score (nSPS) is 17.4. The van der Waals surface area contributed by atoms with Gasteiger partial charge in [0.05, 0.1) is 18.8 Å². The van der Waals surface area contributed by atoms with E-state index in [0.29, 0.717) is 62.2 Å². The maximum Gasteiger partial charge on any atom is 0.273 e. The summed E-state index contributed by atoms with van der Waals surface area (Å²) in [7, 11) is 0. The zero-order chi connectivity index (χ0) is 27.2. The first-order valence-corrected chi connectivity index (χ1v) is 12.7. The zero-order valence-corrected chi connectivity index (χ0v) is 21.2. The summed E-state index contributed by atoms with van der Waals surface area (Å²) < 4.78 is 5.31. The van der Waals surface area contributed by atoms with E-state index in [4.69, 9.17) is 10.5 Å². The van der Waals surface area contributed by atoms with E-state index < -0.39 is 5.91 Å². The number of benzene rings is 1. The van der Waals surface area contributed by atoms with Gasteiger partial charge in [-0.1, -0.05) is 0 Å². The van der Waals surface area contributed by atoms with Crippen molar-refractivity contribution in [3.63, 3.8) is 0 Å². The molecule has 0 spiro atoms. The standard InChI is InChI=1S/C26H29N9O4/c27-22(36)21-23(29-19-7-5-17(6-8-19)25(38)34-11-13-39-14-12-34)31-26(33-32-21)35-10-2-4-20(16-35)30-24(37)18-3-1-9-28-15-18/h1,3,5-9,15,20H,2,4,10-14,16H2,(H2,27,36)(H,30,37)(H,29,31,33). The number of hydrogen-bond donors (Lipinski definition) is 3. The van der Waals surface area contributed by atoms with E-state index in [-0.39, 0.29) is 29.4 Å². The van der Waals surface area contributed by atoms with Gasteiger partial charge in [0.1, 0.15) is 0 Å². The van der Waals surface area contributed by atoms with Crippen LogP contribution in [0.5, 0.6) is 0 Å². The van der Waals surface area contributed by atoms with Gasteiger partial charge in [0.15, 0.2) is 11.5 Å². The molecule has 2 aliphatic rings.